The van der Waals surface area contributed by atoms with Crippen LogP contribution in [0, 0.1) is 6.92 Å². The van der Waals surface area contributed by atoms with E-state index in [4.69, 9.17) is 10.3 Å². The van der Waals surface area contributed by atoms with Crippen LogP contribution in [-0.4, -0.2) is 30.1 Å². The van der Waals surface area contributed by atoms with E-state index in [1.807, 2.05) is 0 Å². The molecule has 0 bridgehead atoms. The largest absolute Gasteiger partial charge is 0.361 e. The van der Waals surface area contributed by atoms with Gasteiger partial charge < -0.3 is 20.9 Å². The summed E-state index contributed by atoms with van der Waals surface area (Å²) < 4.78 is 4.92. The molecule has 0 aliphatic carbocycles. The molecule has 124 valence electrons. The first-order chi connectivity index (χ1) is 10.6. The second-order valence-electron chi connectivity index (χ2n) is 4.74. The number of aromatic nitrogens is 1. The van der Waals surface area contributed by atoms with Gasteiger partial charge in [0, 0.05) is 19.2 Å². The molecule has 8 heteroatoms. The lowest BCUT2D eigenvalue weighted by molar-refractivity contribution is -0.115. The van der Waals surface area contributed by atoms with Crippen molar-refractivity contribution in [3.63, 3.8) is 0 Å². The Bertz CT molecular complexity index is 672. The van der Waals surface area contributed by atoms with Gasteiger partial charge in [0.05, 0.1) is 23.4 Å². The quantitative estimate of drug-likeness (QED) is 0.734. The van der Waals surface area contributed by atoms with Gasteiger partial charge in [0.2, 0.25) is 5.91 Å². The molecule has 23 heavy (non-hydrogen) atoms. The van der Waals surface area contributed by atoms with Gasteiger partial charge in [-0.1, -0.05) is 17.3 Å². The highest BCUT2D eigenvalue weighted by Crippen LogP contribution is 2.15. The highest BCUT2D eigenvalue weighted by Gasteiger charge is 2.14. The molecule has 7 nitrogen and oxygen atoms in total. The summed E-state index contributed by atoms with van der Waals surface area (Å²) in [5, 5.41) is 9.15. The van der Waals surface area contributed by atoms with Gasteiger partial charge in [-0.2, -0.15) is 0 Å². The van der Waals surface area contributed by atoms with Crippen molar-refractivity contribution in [1.29, 1.82) is 0 Å². The molecule has 1 aromatic heterocycles. The van der Waals surface area contributed by atoms with Gasteiger partial charge in [-0.15, -0.1) is 12.4 Å². The third kappa shape index (κ3) is 5.39. The Balaban J connectivity index is 0.00000264. The Kier molecular flexibility index (Phi) is 7.24. The van der Waals surface area contributed by atoms with Crippen molar-refractivity contribution in [2.45, 2.75) is 13.3 Å². The smallest absolute Gasteiger partial charge is 0.253 e. The summed E-state index contributed by atoms with van der Waals surface area (Å²) in [4.78, 5) is 24.1. The van der Waals surface area contributed by atoms with Crippen LogP contribution in [0.1, 0.15) is 21.8 Å². The zero-order valence-electron chi connectivity index (χ0n) is 12.7. The Morgan fingerprint density at radius 1 is 1.30 bits per heavy atom. The maximum absolute atomic E-state index is 12.0. The normalized spacial score (nSPS) is 9.83. The van der Waals surface area contributed by atoms with Crippen LogP contribution in [0.4, 0.5) is 5.69 Å². The van der Waals surface area contributed by atoms with Gasteiger partial charge in [0.15, 0.2) is 0 Å². The van der Waals surface area contributed by atoms with E-state index in [1.165, 1.54) is 0 Å². The number of benzene rings is 1. The van der Waals surface area contributed by atoms with Crippen molar-refractivity contribution < 1.29 is 14.1 Å². The molecule has 1 heterocycles. The molecule has 4 N–H and O–H groups in total. The summed E-state index contributed by atoms with van der Waals surface area (Å²) >= 11 is 0. The van der Waals surface area contributed by atoms with E-state index in [9.17, 15) is 9.59 Å². The zero-order chi connectivity index (χ0) is 15.9. The average Bonchev–Trinajstić information content (AvgIpc) is 2.90. The van der Waals surface area contributed by atoms with Crippen LogP contribution < -0.4 is 16.4 Å². The number of hydrogen-bond acceptors (Lipinski definition) is 5. The number of nitrogens with one attached hydrogen (secondary N) is 2. The number of amides is 2. The van der Waals surface area contributed by atoms with Crippen molar-refractivity contribution in [2.24, 2.45) is 5.73 Å². The maximum atomic E-state index is 12.0. The number of halogens is 1. The third-order valence-electron chi connectivity index (χ3n) is 2.89. The molecular formula is C15H19ClN4O3. The minimum atomic E-state index is -0.279. The predicted molar refractivity (Wildman–Crippen MR) is 88.7 cm³/mol. The van der Waals surface area contributed by atoms with E-state index >= 15 is 0 Å². The van der Waals surface area contributed by atoms with Crippen LogP contribution in [0.15, 0.2) is 34.9 Å². The second kappa shape index (κ2) is 8.92. The van der Waals surface area contributed by atoms with Crippen LogP contribution in [-0.2, 0) is 11.2 Å². The molecule has 2 rings (SSSR count). The molecule has 0 unspecified atom stereocenters. The fraction of sp³-hybridized carbons (Fsp3) is 0.267. The fourth-order valence-electron chi connectivity index (χ4n) is 1.93. The summed E-state index contributed by atoms with van der Waals surface area (Å²) in [7, 11) is 0. The second-order valence-corrected chi connectivity index (χ2v) is 4.74. The first kappa shape index (κ1) is 18.7. The summed E-state index contributed by atoms with van der Waals surface area (Å²) in [6.45, 7) is 2.48. The van der Waals surface area contributed by atoms with Gasteiger partial charge >= 0.3 is 0 Å². The minimum absolute atomic E-state index is 0. The minimum Gasteiger partial charge on any atom is -0.361 e. The zero-order valence-corrected chi connectivity index (χ0v) is 13.5. The molecule has 0 aliphatic heterocycles. The van der Waals surface area contributed by atoms with E-state index in [2.05, 4.69) is 15.8 Å². The van der Waals surface area contributed by atoms with E-state index < -0.39 is 0 Å². The number of carbonyl (C=O) groups is 2. The van der Waals surface area contributed by atoms with Gasteiger partial charge in [-0.25, -0.2) is 0 Å². The summed E-state index contributed by atoms with van der Waals surface area (Å²) in [5.74, 6) is 0.0929. The van der Waals surface area contributed by atoms with Crippen molar-refractivity contribution in [3.05, 3.63) is 47.3 Å². The lowest BCUT2D eigenvalue weighted by Gasteiger charge is -2.10. The predicted octanol–water partition coefficient (Wildman–Crippen LogP) is 1.27. The van der Waals surface area contributed by atoms with Crippen LogP contribution in [0.25, 0.3) is 0 Å². The van der Waals surface area contributed by atoms with Crippen molar-refractivity contribution in [2.75, 3.05) is 18.4 Å². The van der Waals surface area contributed by atoms with E-state index in [0.29, 0.717) is 35.8 Å². The van der Waals surface area contributed by atoms with Gasteiger partial charge in [0.1, 0.15) is 5.76 Å². The summed E-state index contributed by atoms with van der Waals surface area (Å²) in [5.41, 5.74) is 6.74. The van der Waals surface area contributed by atoms with Gasteiger partial charge in [-0.3, -0.25) is 9.59 Å². The maximum Gasteiger partial charge on any atom is 0.253 e. The van der Waals surface area contributed by atoms with E-state index in [0.717, 1.165) is 0 Å². The summed E-state index contributed by atoms with van der Waals surface area (Å²) in [6.07, 6.45) is 0.0795. The van der Waals surface area contributed by atoms with Crippen molar-refractivity contribution in [3.8, 4) is 0 Å². The number of nitrogens with zero attached hydrogens (tertiary/aromatic N) is 1. The van der Waals surface area contributed by atoms with Gasteiger partial charge in [0.25, 0.3) is 5.91 Å². The van der Waals surface area contributed by atoms with Crippen LogP contribution in [0.2, 0.25) is 0 Å². The molecule has 0 spiro atoms. The van der Waals surface area contributed by atoms with Crippen LogP contribution in [0.3, 0.4) is 0 Å². The fourth-order valence-corrected chi connectivity index (χ4v) is 1.93. The number of carbonyl (C=O) groups excluding carboxylic acids is 2. The highest BCUT2D eigenvalue weighted by atomic mass is 35.5. The number of hydrogen-bond donors (Lipinski definition) is 3. The standard InChI is InChI=1S/C15H18N4O3.ClH/c1-10-8-11(19-22-10)9-14(20)18-13-5-3-2-4-12(13)15(21)17-7-6-16;/h2-5,8H,6-7,9,16H2,1H3,(H,17,21)(H,18,20);1H. The Labute approximate surface area is 140 Å². The third-order valence-corrected chi connectivity index (χ3v) is 2.89. The highest BCUT2D eigenvalue weighted by molar-refractivity contribution is 6.04. The average molecular weight is 339 g/mol. The first-order valence-electron chi connectivity index (χ1n) is 6.89. The lowest BCUT2D eigenvalue weighted by atomic mass is 10.1. The molecule has 0 saturated carbocycles. The van der Waals surface area contributed by atoms with Gasteiger partial charge in [-0.05, 0) is 19.1 Å². The Morgan fingerprint density at radius 2 is 2.04 bits per heavy atom. The van der Waals surface area contributed by atoms with E-state index in [-0.39, 0.29) is 30.6 Å². The number of nitrogens with two attached hydrogens (primary N) is 1. The lowest BCUT2D eigenvalue weighted by Crippen LogP contribution is -2.30. The molecule has 0 aliphatic rings. The monoisotopic (exact) mass is 338 g/mol. The van der Waals surface area contributed by atoms with Crippen LogP contribution >= 0.6 is 12.4 Å². The Hall–Kier alpha value is -2.38. The molecule has 0 saturated heterocycles. The molecule has 2 amide bonds. The van der Waals surface area contributed by atoms with E-state index in [1.54, 1.807) is 37.3 Å². The molecule has 0 atom stereocenters. The SMILES string of the molecule is Cc1cc(CC(=O)Nc2ccccc2C(=O)NCCN)no1.Cl. The molecule has 0 radical (unpaired) electrons. The topological polar surface area (TPSA) is 110 Å². The van der Waals surface area contributed by atoms with Crippen molar-refractivity contribution >= 4 is 29.9 Å². The Morgan fingerprint density at radius 3 is 2.70 bits per heavy atom. The molecule has 1 aromatic carbocycles. The number of anilines is 1. The van der Waals surface area contributed by atoms with Crippen LogP contribution in [0.5, 0.6) is 0 Å². The number of rotatable bonds is 6. The summed E-state index contributed by atoms with van der Waals surface area (Å²) in [6, 6.07) is 8.48. The number of para-hydroxylation sites is 1. The molecule has 0 fully saturated rings. The number of aryl methyl sites for hydroxylation is 1. The first-order valence-corrected chi connectivity index (χ1v) is 6.89. The molecule has 2 aromatic rings. The molecular weight excluding hydrogens is 320 g/mol. The van der Waals surface area contributed by atoms with Crippen molar-refractivity contribution in [1.82, 2.24) is 10.5 Å².